The quantitative estimate of drug-likeness (QED) is 0.808. The minimum absolute atomic E-state index is 0. The van der Waals surface area contributed by atoms with Gasteiger partial charge in [-0.1, -0.05) is 12.1 Å². The first-order chi connectivity index (χ1) is 12.1. The van der Waals surface area contributed by atoms with Crippen LogP contribution >= 0.6 is 12.4 Å². The van der Waals surface area contributed by atoms with Gasteiger partial charge in [0, 0.05) is 18.8 Å². The highest BCUT2D eigenvalue weighted by molar-refractivity contribution is 5.99. The van der Waals surface area contributed by atoms with Gasteiger partial charge in [0.15, 0.2) is 11.5 Å². The molecule has 2 N–H and O–H groups in total. The Hall–Kier alpha value is -2.40. The second-order valence-electron chi connectivity index (χ2n) is 6.00. The molecule has 140 valence electrons. The molecule has 5 nitrogen and oxygen atoms in total. The van der Waals surface area contributed by atoms with Crippen LogP contribution in [0.2, 0.25) is 0 Å². The molecule has 2 aromatic rings. The topological polar surface area (TPSA) is 64.8 Å². The molecule has 1 amide bonds. The highest BCUT2D eigenvalue weighted by Crippen LogP contribution is 2.34. The molecule has 0 saturated heterocycles. The van der Waals surface area contributed by atoms with Gasteiger partial charge >= 0.3 is 0 Å². The molecular formula is C20H25ClN2O3. The van der Waals surface area contributed by atoms with Gasteiger partial charge in [0.05, 0.1) is 18.8 Å². The number of anilines is 1. The van der Waals surface area contributed by atoms with Crippen molar-refractivity contribution in [2.75, 3.05) is 25.5 Å². The molecule has 26 heavy (non-hydrogen) atoms. The minimum Gasteiger partial charge on any atom is -0.490 e. The number of nitrogens with two attached hydrogens (primary N) is 1. The third-order valence-corrected chi connectivity index (χ3v) is 4.36. The number of carbonyl (C=O) groups excluding carboxylic acids is 1. The van der Waals surface area contributed by atoms with Gasteiger partial charge in [0.25, 0.3) is 5.91 Å². The summed E-state index contributed by atoms with van der Waals surface area (Å²) < 4.78 is 11.4. The fraction of sp³-hybridized carbons (Fsp3) is 0.350. The fourth-order valence-electron chi connectivity index (χ4n) is 3.14. The van der Waals surface area contributed by atoms with Gasteiger partial charge < -0.3 is 20.1 Å². The second-order valence-corrected chi connectivity index (χ2v) is 6.00. The number of rotatable bonds is 5. The van der Waals surface area contributed by atoms with E-state index in [0.717, 1.165) is 23.5 Å². The maximum Gasteiger partial charge on any atom is 0.256 e. The SMILES string of the molecule is CCOc1cc2c(cc1OCC)CN(C(=O)c1ccccc1N)CC2.Cl. The Balaban J connectivity index is 0.00000243. The molecule has 0 aliphatic carbocycles. The largest absolute Gasteiger partial charge is 0.490 e. The molecule has 0 atom stereocenters. The molecule has 0 saturated carbocycles. The van der Waals surface area contributed by atoms with Crippen LogP contribution in [-0.4, -0.2) is 30.6 Å². The van der Waals surface area contributed by atoms with E-state index < -0.39 is 0 Å². The van der Waals surface area contributed by atoms with Crippen molar-refractivity contribution in [1.29, 1.82) is 0 Å². The zero-order valence-electron chi connectivity index (χ0n) is 15.2. The normalized spacial score (nSPS) is 12.8. The number of amides is 1. The van der Waals surface area contributed by atoms with Gasteiger partial charge in [-0.05, 0) is 55.7 Å². The first-order valence-electron chi connectivity index (χ1n) is 8.69. The van der Waals surface area contributed by atoms with E-state index >= 15 is 0 Å². The van der Waals surface area contributed by atoms with E-state index in [1.54, 1.807) is 12.1 Å². The lowest BCUT2D eigenvalue weighted by Gasteiger charge is -2.30. The highest BCUT2D eigenvalue weighted by atomic mass is 35.5. The summed E-state index contributed by atoms with van der Waals surface area (Å²) in [5, 5.41) is 0. The van der Waals surface area contributed by atoms with Gasteiger partial charge in [0.1, 0.15) is 0 Å². The van der Waals surface area contributed by atoms with Crippen molar-refractivity contribution in [3.63, 3.8) is 0 Å². The van der Waals surface area contributed by atoms with E-state index in [9.17, 15) is 4.79 Å². The molecule has 0 aromatic heterocycles. The van der Waals surface area contributed by atoms with Crippen LogP contribution in [0, 0.1) is 0 Å². The minimum atomic E-state index is -0.0319. The van der Waals surface area contributed by atoms with E-state index in [4.69, 9.17) is 15.2 Å². The van der Waals surface area contributed by atoms with E-state index in [1.165, 1.54) is 5.56 Å². The molecule has 0 spiro atoms. The highest BCUT2D eigenvalue weighted by Gasteiger charge is 2.24. The number of nitrogen functional groups attached to an aromatic ring is 1. The number of benzene rings is 2. The van der Waals surface area contributed by atoms with E-state index in [1.807, 2.05) is 43.0 Å². The van der Waals surface area contributed by atoms with E-state index in [2.05, 4.69) is 0 Å². The molecule has 2 aromatic carbocycles. The van der Waals surface area contributed by atoms with Crippen molar-refractivity contribution in [3.05, 3.63) is 53.1 Å². The van der Waals surface area contributed by atoms with Crippen LogP contribution < -0.4 is 15.2 Å². The Kier molecular flexibility index (Phi) is 6.75. The van der Waals surface area contributed by atoms with Gasteiger partial charge in [-0.25, -0.2) is 0 Å². The Labute approximate surface area is 160 Å². The van der Waals surface area contributed by atoms with Gasteiger partial charge in [-0.15, -0.1) is 12.4 Å². The maximum atomic E-state index is 12.8. The Bertz CT molecular complexity index is 780. The zero-order valence-corrected chi connectivity index (χ0v) is 16.0. The summed E-state index contributed by atoms with van der Waals surface area (Å²) in [6.07, 6.45) is 0.792. The molecule has 6 heteroatoms. The maximum absolute atomic E-state index is 12.8. The van der Waals surface area contributed by atoms with Crippen LogP contribution in [0.5, 0.6) is 11.5 Å². The molecule has 0 bridgehead atoms. The Morgan fingerprint density at radius 2 is 1.69 bits per heavy atom. The van der Waals surface area contributed by atoms with Crippen molar-refractivity contribution in [2.24, 2.45) is 0 Å². The van der Waals surface area contributed by atoms with Crippen LogP contribution in [0.1, 0.15) is 35.3 Å². The summed E-state index contributed by atoms with van der Waals surface area (Å²) in [5.74, 6) is 1.47. The van der Waals surface area contributed by atoms with Crippen LogP contribution in [0.25, 0.3) is 0 Å². The third-order valence-electron chi connectivity index (χ3n) is 4.36. The number of hydrogen-bond donors (Lipinski definition) is 1. The van der Waals surface area contributed by atoms with Crippen molar-refractivity contribution in [3.8, 4) is 11.5 Å². The molecule has 3 rings (SSSR count). The lowest BCUT2D eigenvalue weighted by molar-refractivity contribution is 0.0735. The number of fused-ring (bicyclic) bond motifs is 1. The summed E-state index contributed by atoms with van der Waals surface area (Å²) in [6.45, 7) is 6.29. The van der Waals surface area contributed by atoms with Crippen molar-refractivity contribution in [1.82, 2.24) is 4.90 Å². The average Bonchev–Trinajstić information content (AvgIpc) is 2.62. The molecule has 0 unspecified atom stereocenters. The summed E-state index contributed by atoms with van der Waals surface area (Å²) in [6, 6.07) is 11.2. The standard InChI is InChI=1S/C20H24N2O3.ClH/c1-3-24-18-11-14-9-10-22(13-15(14)12-19(18)25-4-2)20(23)16-7-5-6-8-17(16)21;/h5-8,11-12H,3-4,9-10,13,21H2,1-2H3;1H. The number of halogens is 1. The van der Waals surface area contributed by atoms with E-state index in [0.29, 0.717) is 37.6 Å². The fourth-order valence-corrected chi connectivity index (χ4v) is 3.14. The second kappa shape index (κ2) is 8.81. The van der Waals surface area contributed by atoms with Crippen molar-refractivity contribution >= 4 is 24.0 Å². The number of ether oxygens (including phenoxy) is 2. The molecule has 1 heterocycles. The first kappa shape index (κ1) is 19.9. The smallest absolute Gasteiger partial charge is 0.256 e. The third kappa shape index (κ3) is 4.05. The zero-order chi connectivity index (χ0) is 17.8. The van der Waals surface area contributed by atoms with Crippen LogP contribution in [0.3, 0.4) is 0 Å². The van der Waals surface area contributed by atoms with Crippen LogP contribution in [-0.2, 0) is 13.0 Å². The summed E-state index contributed by atoms with van der Waals surface area (Å²) in [5.41, 5.74) is 9.33. The lowest BCUT2D eigenvalue weighted by atomic mass is 9.98. The number of carbonyl (C=O) groups is 1. The van der Waals surface area contributed by atoms with Crippen LogP contribution in [0.4, 0.5) is 5.69 Å². The molecular weight excluding hydrogens is 352 g/mol. The Morgan fingerprint density at radius 1 is 1.08 bits per heavy atom. The summed E-state index contributed by atoms with van der Waals surface area (Å²) >= 11 is 0. The van der Waals surface area contributed by atoms with Gasteiger partial charge in [0.2, 0.25) is 0 Å². The number of para-hydroxylation sites is 1. The molecule has 1 aliphatic heterocycles. The average molecular weight is 377 g/mol. The molecule has 0 fully saturated rings. The van der Waals surface area contributed by atoms with E-state index in [-0.39, 0.29) is 18.3 Å². The van der Waals surface area contributed by atoms with Crippen LogP contribution in [0.15, 0.2) is 36.4 Å². The number of nitrogens with zero attached hydrogens (tertiary/aromatic N) is 1. The van der Waals surface area contributed by atoms with Crippen molar-refractivity contribution in [2.45, 2.75) is 26.8 Å². The Morgan fingerprint density at radius 3 is 2.31 bits per heavy atom. The molecule has 0 radical (unpaired) electrons. The molecule has 1 aliphatic rings. The summed E-state index contributed by atoms with van der Waals surface area (Å²) in [4.78, 5) is 14.6. The summed E-state index contributed by atoms with van der Waals surface area (Å²) in [7, 11) is 0. The van der Waals surface area contributed by atoms with Gasteiger partial charge in [-0.3, -0.25) is 4.79 Å². The van der Waals surface area contributed by atoms with Gasteiger partial charge in [-0.2, -0.15) is 0 Å². The lowest BCUT2D eigenvalue weighted by Crippen LogP contribution is -2.36. The predicted octanol–water partition coefficient (Wildman–Crippen LogP) is 3.69. The predicted molar refractivity (Wildman–Crippen MR) is 105 cm³/mol. The monoisotopic (exact) mass is 376 g/mol. The first-order valence-corrected chi connectivity index (χ1v) is 8.69. The number of hydrogen-bond acceptors (Lipinski definition) is 4. The van der Waals surface area contributed by atoms with Crippen molar-refractivity contribution < 1.29 is 14.3 Å².